The summed E-state index contributed by atoms with van der Waals surface area (Å²) in [5.74, 6) is 0.738. The van der Waals surface area contributed by atoms with Crippen molar-refractivity contribution in [2.24, 2.45) is 0 Å². The molecular weight excluding hydrogens is 260 g/mol. The average Bonchev–Trinajstić information content (AvgIpc) is 2.45. The molecule has 1 atom stereocenters. The monoisotopic (exact) mass is 286 g/mol. The third-order valence-corrected chi connectivity index (χ3v) is 4.31. The molecule has 0 aliphatic carbocycles. The molecule has 0 amide bonds. The summed E-state index contributed by atoms with van der Waals surface area (Å²) >= 11 is 0. The molecule has 4 nitrogen and oxygen atoms in total. The van der Waals surface area contributed by atoms with E-state index < -0.39 is 0 Å². The van der Waals surface area contributed by atoms with Gasteiger partial charge in [0.15, 0.2) is 0 Å². The first-order valence-corrected chi connectivity index (χ1v) is 7.98. The van der Waals surface area contributed by atoms with Crippen LogP contribution in [0.2, 0.25) is 0 Å². The lowest BCUT2D eigenvalue weighted by Crippen LogP contribution is -2.38. The number of nitrogens with zero attached hydrogens (tertiary/aromatic N) is 3. The number of nitrogens with one attached hydrogen (secondary N) is 1. The van der Waals surface area contributed by atoms with Crippen molar-refractivity contribution in [3.05, 3.63) is 22.9 Å². The number of hydrogen-bond donors (Lipinski definition) is 1. The topological polar surface area (TPSA) is 52.0 Å². The SMILES string of the molecule is Cc1cc(C)c(C#N)c(NCCCN2CCCCC2C)n1. The second kappa shape index (κ2) is 7.42. The van der Waals surface area contributed by atoms with Crippen LogP contribution in [0.5, 0.6) is 0 Å². The smallest absolute Gasteiger partial charge is 0.144 e. The number of piperidine rings is 1. The van der Waals surface area contributed by atoms with Crippen molar-refractivity contribution >= 4 is 5.82 Å². The second-order valence-electron chi connectivity index (χ2n) is 6.08. The Morgan fingerprint density at radius 1 is 1.43 bits per heavy atom. The number of aryl methyl sites for hydroxylation is 2. The van der Waals surface area contributed by atoms with E-state index in [4.69, 9.17) is 0 Å². The molecule has 4 heteroatoms. The summed E-state index contributed by atoms with van der Waals surface area (Å²) in [7, 11) is 0. The highest BCUT2D eigenvalue weighted by Gasteiger charge is 2.17. The maximum atomic E-state index is 9.25. The Morgan fingerprint density at radius 2 is 2.24 bits per heavy atom. The van der Waals surface area contributed by atoms with E-state index >= 15 is 0 Å². The van der Waals surface area contributed by atoms with Gasteiger partial charge < -0.3 is 10.2 Å². The Balaban J connectivity index is 1.85. The van der Waals surface area contributed by atoms with Gasteiger partial charge in [-0.3, -0.25) is 0 Å². The summed E-state index contributed by atoms with van der Waals surface area (Å²) in [5, 5.41) is 12.6. The highest BCUT2D eigenvalue weighted by molar-refractivity contribution is 5.56. The number of nitriles is 1. The van der Waals surface area contributed by atoms with E-state index in [-0.39, 0.29) is 0 Å². The maximum absolute atomic E-state index is 9.25. The molecule has 1 aliphatic rings. The van der Waals surface area contributed by atoms with Crippen LogP contribution in [0.1, 0.15) is 49.4 Å². The number of aromatic nitrogens is 1. The van der Waals surface area contributed by atoms with Crippen molar-refractivity contribution in [3.8, 4) is 6.07 Å². The zero-order valence-corrected chi connectivity index (χ0v) is 13.4. The minimum atomic E-state index is 0.673. The molecule has 1 saturated heterocycles. The van der Waals surface area contributed by atoms with Gasteiger partial charge in [-0.1, -0.05) is 6.42 Å². The van der Waals surface area contributed by atoms with Crippen molar-refractivity contribution in [1.82, 2.24) is 9.88 Å². The Morgan fingerprint density at radius 3 is 2.95 bits per heavy atom. The lowest BCUT2D eigenvalue weighted by atomic mass is 10.0. The summed E-state index contributed by atoms with van der Waals surface area (Å²) < 4.78 is 0. The molecule has 1 aromatic rings. The van der Waals surface area contributed by atoms with Gasteiger partial charge in [-0.25, -0.2) is 4.98 Å². The molecule has 0 aromatic carbocycles. The predicted octanol–water partition coefficient (Wildman–Crippen LogP) is 3.25. The predicted molar refractivity (Wildman–Crippen MR) is 86.4 cm³/mol. The minimum Gasteiger partial charge on any atom is -0.369 e. The van der Waals surface area contributed by atoms with Gasteiger partial charge in [0.1, 0.15) is 11.9 Å². The molecule has 114 valence electrons. The number of hydrogen-bond acceptors (Lipinski definition) is 4. The quantitative estimate of drug-likeness (QED) is 0.844. The summed E-state index contributed by atoms with van der Waals surface area (Å²) in [5.41, 5.74) is 2.63. The molecule has 0 bridgehead atoms. The standard InChI is InChI=1S/C17H26N4/c1-13-11-14(2)20-17(16(13)12-18)19-8-6-10-21-9-5-4-7-15(21)3/h11,15H,4-10H2,1-3H3,(H,19,20). The highest BCUT2D eigenvalue weighted by atomic mass is 15.2. The zero-order chi connectivity index (χ0) is 15.2. The summed E-state index contributed by atoms with van der Waals surface area (Å²) in [6.07, 6.45) is 5.11. The normalized spacial score (nSPS) is 19.2. The Labute approximate surface area is 128 Å². The van der Waals surface area contributed by atoms with Gasteiger partial charge in [-0.15, -0.1) is 0 Å². The fraction of sp³-hybridized carbons (Fsp3) is 0.647. The van der Waals surface area contributed by atoms with Crippen LogP contribution in [0.3, 0.4) is 0 Å². The van der Waals surface area contributed by atoms with Gasteiger partial charge in [0.2, 0.25) is 0 Å². The summed E-state index contributed by atoms with van der Waals surface area (Å²) in [6, 6.07) is 4.93. The average molecular weight is 286 g/mol. The van der Waals surface area contributed by atoms with Crippen molar-refractivity contribution in [2.75, 3.05) is 25.0 Å². The Bertz CT molecular complexity index is 518. The van der Waals surface area contributed by atoms with Gasteiger partial charge in [0, 0.05) is 24.8 Å². The molecular formula is C17H26N4. The van der Waals surface area contributed by atoms with E-state index in [1.807, 2.05) is 19.9 Å². The van der Waals surface area contributed by atoms with Crippen LogP contribution in [-0.4, -0.2) is 35.6 Å². The second-order valence-corrected chi connectivity index (χ2v) is 6.08. The third kappa shape index (κ3) is 4.18. The first kappa shape index (κ1) is 15.8. The molecule has 0 spiro atoms. The largest absolute Gasteiger partial charge is 0.369 e. The van der Waals surface area contributed by atoms with Crippen LogP contribution in [0, 0.1) is 25.2 Å². The van der Waals surface area contributed by atoms with Gasteiger partial charge in [-0.2, -0.15) is 5.26 Å². The van der Waals surface area contributed by atoms with Crippen LogP contribution in [0.25, 0.3) is 0 Å². The summed E-state index contributed by atoms with van der Waals surface area (Å²) in [6.45, 7) is 9.48. The van der Waals surface area contributed by atoms with Gasteiger partial charge in [-0.05, 0) is 58.2 Å². The van der Waals surface area contributed by atoms with Gasteiger partial charge >= 0.3 is 0 Å². The number of rotatable bonds is 5. The Kier molecular flexibility index (Phi) is 5.58. The van der Waals surface area contributed by atoms with Crippen molar-refractivity contribution in [1.29, 1.82) is 5.26 Å². The van der Waals surface area contributed by atoms with E-state index in [9.17, 15) is 5.26 Å². The van der Waals surface area contributed by atoms with Crippen molar-refractivity contribution < 1.29 is 0 Å². The molecule has 0 saturated carbocycles. The molecule has 1 aliphatic heterocycles. The van der Waals surface area contributed by atoms with E-state index in [0.717, 1.165) is 36.6 Å². The lowest BCUT2D eigenvalue weighted by molar-refractivity contribution is 0.160. The van der Waals surface area contributed by atoms with E-state index in [0.29, 0.717) is 11.6 Å². The van der Waals surface area contributed by atoms with Gasteiger partial charge in [0.05, 0.1) is 5.56 Å². The molecule has 2 heterocycles. The first-order valence-electron chi connectivity index (χ1n) is 7.98. The first-order chi connectivity index (χ1) is 10.1. The van der Waals surface area contributed by atoms with E-state index in [1.54, 1.807) is 0 Å². The number of pyridine rings is 1. The van der Waals surface area contributed by atoms with Crippen LogP contribution >= 0.6 is 0 Å². The molecule has 1 aromatic heterocycles. The van der Waals surface area contributed by atoms with E-state index in [1.165, 1.54) is 25.8 Å². The molecule has 1 N–H and O–H groups in total. The number of likely N-dealkylation sites (tertiary alicyclic amines) is 1. The lowest BCUT2D eigenvalue weighted by Gasteiger charge is -2.33. The molecule has 2 rings (SSSR count). The Hall–Kier alpha value is -1.60. The van der Waals surface area contributed by atoms with Crippen LogP contribution in [0.15, 0.2) is 6.07 Å². The number of anilines is 1. The van der Waals surface area contributed by atoms with Crippen molar-refractivity contribution in [3.63, 3.8) is 0 Å². The summed E-state index contributed by atoms with van der Waals surface area (Å²) in [4.78, 5) is 7.03. The van der Waals surface area contributed by atoms with E-state index in [2.05, 4.69) is 28.2 Å². The zero-order valence-electron chi connectivity index (χ0n) is 13.4. The van der Waals surface area contributed by atoms with Gasteiger partial charge in [0.25, 0.3) is 0 Å². The molecule has 21 heavy (non-hydrogen) atoms. The third-order valence-electron chi connectivity index (χ3n) is 4.31. The fourth-order valence-electron chi connectivity index (χ4n) is 3.08. The molecule has 0 radical (unpaired) electrons. The van der Waals surface area contributed by atoms with Crippen LogP contribution < -0.4 is 5.32 Å². The highest BCUT2D eigenvalue weighted by Crippen LogP contribution is 2.18. The molecule has 1 fully saturated rings. The van der Waals surface area contributed by atoms with Crippen LogP contribution in [0.4, 0.5) is 5.82 Å². The maximum Gasteiger partial charge on any atom is 0.144 e. The fourth-order valence-corrected chi connectivity index (χ4v) is 3.08. The van der Waals surface area contributed by atoms with Crippen LogP contribution in [-0.2, 0) is 0 Å². The molecule has 1 unspecified atom stereocenters. The minimum absolute atomic E-state index is 0.673. The van der Waals surface area contributed by atoms with Crippen molar-refractivity contribution in [2.45, 2.75) is 52.5 Å².